The largest absolute Gasteiger partial charge is 0.497 e. The molecule has 7 aromatic carbocycles. The highest BCUT2D eigenvalue weighted by atomic mass is 32.2. The normalized spacial score (nSPS) is 11.9. The number of methoxy groups -OCH3 is 1. The summed E-state index contributed by atoms with van der Waals surface area (Å²) < 4.78 is 110. The van der Waals surface area contributed by atoms with Gasteiger partial charge in [-0.15, -0.1) is 0 Å². The van der Waals surface area contributed by atoms with E-state index in [1.54, 1.807) is 72.8 Å². The second-order valence-corrected chi connectivity index (χ2v) is 18.1. The smallest absolute Gasteiger partial charge is 0.298 e. The molecule has 0 saturated heterocycles. The summed E-state index contributed by atoms with van der Waals surface area (Å²) in [7, 11) is -11.2. The van der Waals surface area contributed by atoms with Crippen molar-refractivity contribution in [1.29, 1.82) is 0 Å². The molecular weight excluding hydrogens is 789 g/mol. The van der Waals surface area contributed by atoms with Crippen LogP contribution in [-0.4, -0.2) is 36.9 Å². The van der Waals surface area contributed by atoms with Crippen LogP contribution < -0.4 is 18.9 Å². The Kier molecular flexibility index (Phi) is 10.8. The first-order valence-electron chi connectivity index (χ1n) is 17.2. The first-order chi connectivity index (χ1) is 27.2. The van der Waals surface area contributed by atoms with Crippen LogP contribution >= 0.6 is 0 Å². The molecule has 14 heteroatoms. The maximum Gasteiger partial charge on any atom is 0.298 e. The van der Waals surface area contributed by atoms with Crippen LogP contribution in [-0.2, 0) is 36.4 Å². The van der Waals surface area contributed by atoms with Gasteiger partial charge in [-0.05, 0) is 139 Å². The highest BCUT2D eigenvalue weighted by Gasteiger charge is 2.25. The zero-order valence-electron chi connectivity index (χ0n) is 30.4. The minimum atomic E-state index is -4.87. The van der Waals surface area contributed by atoms with Gasteiger partial charge in [0.05, 0.1) is 26.7 Å². The summed E-state index contributed by atoms with van der Waals surface area (Å²) >= 11 is 0. The second kappa shape index (κ2) is 15.7. The van der Waals surface area contributed by atoms with Crippen LogP contribution in [0.1, 0.15) is 11.1 Å². The van der Waals surface area contributed by atoms with Gasteiger partial charge in [0, 0.05) is 0 Å². The molecule has 7 aromatic rings. The Morgan fingerprint density at radius 2 is 0.930 bits per heavy atom. The highest BCUT2D eigenvalue weighted by Crippen LogP contribution is 2.34. The second-order valence-electron chi connectivity index (χ2n) is 12.9. The summed E-state index contributed by atoms with van der Waals surface area (Å²) in [5.74, 6) is 2.15. The fraction of sp³-hybridized carbons (Fsp3) is 0.0698. The van der Waals surface area contributed by atoms with E-state index >= 15 is 0 Å². The fourth-order valence-corrected chi connectivity index (χ4v) is 9.07. The van der Waals surface area contributed by atoms with Gasteiger partial charge < -0.3 is 18.9 Å². The molecule has 290 valence electrons. The summed E-state index contributed by atoms with van der Waals surface area (Å²) in [4.78, 5) is -0.762. The number of hydrogen-bond acceptors (Lipinski definition) is 10. The van der Waals surface area contributed by atoms with E-state index in [1.807, 2.05) is 31.2 Å². The van der Waals surface area contributed by atoms with Crippen molar-refractivity contribution in [2.75, 3.05) is 7.11 Å². The minimum Gasteiger partial charge on any atom is -0.497 e. The van der Waals surface area contributed by atoms with Crippen LogP contribution in [0.4, 0.5) is 0 Å². The zero-order valence-corrected chi connectivity index (χ0v) is 32.8. The molecule has 0 unspecified atom stereocenters. The molecule has 0 amide bonds. The maximum absolute atomic E-state index is 13.5. The molecule has 7 rings (SSSR count). The molecule has 0 saturated carbocycles. The average molecular weight is 823 g/mol. The van der Waals surface area contributed by atoms with E-state index in [0.29, 0.717) is 28.6 Å². The Morgan fingerprint density at radius 3 is 1.53 bits per heavy atom. The van der Waals surface area contributed by atoms with Crippen LogP contribution in [0.2, 0.25) is 0 Å². The zero-order chi connectivity index (χ0) is 40.4. The molecule has 0 bridgehead atoms. The van der Waals surface area contributed by atoms with Gasteiger partial charge in [0.25, 0.3) is 10.1 Å². The van der Waals surface area contributed by atoms with Crippen LogP contribution in [0.25, 0.3) is 10.8 Å². The summed E-state index contributed by atoms with van der Waals surface area (Å²) in [5, 5.41) is 1.76. The van der Waals surface area contributed by atoms with E-state index < -0.39 is 34.7 Å². The van der Waals surface area contributed by atoms with E-state index in [9.17, 15) is 29.8 Å². The lowest BCUT2D eigenvalue weighted by Crippen LogP contribution is -2.07. The van der Waals surface area contributed by atoms with E-state index in [2.05, 4.69) is 0 Å². The molecule has 0 fully saturated rings. The van der Waals surface area contributed by atoms with Crippen molar-refractivity contribution in [3.05, 3.63) is 163 Å². The summed E-state index contributed by atoms with van der Waals surface area (Å²) in [6.07, 6.45) is 0. The predicted octanol–water partition coefficient (Wildman–Crippen LogP) is 9.23. The molecule has 0 heterocycles. The third kappa shape index (κ3) is 8.79. The molecule has 0 spiro atoms. The number of hydrogen-bond donors (Lipinski definition) is 1. The minimum absolute atomic E-state index is 0.0942. The number of sulfone groups is 2. The summed E-state index contributed by atoms with van der Waals surface area (Å²) in [5.41, 5.74) is 1.65. The Balaban J connectivity index is 0.992. The van der Waals surface area contributed by atoms with Gasteiger partial charge in [-0.2, -0.15) is 8.42 Å². The first kappa shape index (κ1) is 39.1. The molecule has 0 aromatic heterocycles. The standard InChI is InChI=1S/C43H34O11S3/c1-29-3-17-38(18-4-29)55(44,45)40-21-15-34(16-22-40)53-37-10-8-31-25-36(9-7-32(31)26-37)52-28-30-5-19-39(20-6-30)56(46,47)41-23-24-42(43(27-41)57(48,49)50)54-35-13-11-33(51-2)12-14-35/h3-27H,28H2,1-2H3,(H,48,49,50). The van der Waals surface area contributed by atoms with Gasteiger partial charge in [0.1, 0.15) is 46.0 Å². The van der Waals surface area contributed by atoms with Gasteiger partial charge in [0.2, 0.25) is 19.7 Å². The van der Waals surface area contributed by atoms with E-state index in [1.165, 1.54) is 55.6 Å². The van der Waals surface area contributed by atoms with Crippen molar-refractivity contribution in [3.8, 4) is 34.5 Å². The number of fused-ring (bicyclic) bond motifs is 1. The molecule has 0 aliphatic heterocycles. The fourth-order valence-electron chi connectivity index (χ4n) is 5.81. The lowest BCUT2D eigenvalue weighted by Gasteiger charge is -2.13. The molecule has 0 aliphatic carbocycles. The van der Waals surface area contributed by atoms with Gasteiger partial charge in [-0.25, -0.2) is 16.8 Å². The van der Waals surface area contributed by atoms with Gasteiger partial charge in [-0.1, -0.05) is 42.0 Å². The maximum atomic E-state index is 13.5. The van der Waals surface area contributed by atoms with E-state index in [-0.39, 0.29) is 37.7 Å². The van der Waals surface area contributed by atoms with Crippen LogP contribution in [0.3, 0.4) is 0 Å². The molecule has 1 N–H and O–H groups in total. The molecule has 0 aliphatic rings. The molecule has 0 radical (unpaired) electrons. The lowest BCUT2D eigenvalue weighted by atomic mass is 10.1. The van der Waals surface area contributed by atoms with Crippen LogP contribution in [0.5, 0.6) is 34.5 Å². The number of ether oxygens (including phenoxy) is 4. The Hall–Kier alpha value is -6.19. The van der Waals surface area contributed by atoms with E-state index in [4.69, 9.17) is 18.9 Å². The van der Waals surface area contributed by atoms with Crippen LogP contribution in [0, 0.1) is 6.92 Å². The monoisotopic (exact) mass is 822 g/mol. The highest BCUT2D eigenvalue weighted by molar-refractivity contribution is 7.92. The van der Waals surface area contributed by atoms with Crippen molar-refractivity contribution in [1.82, 2.24) is 0 Å². The number of rotatable bonds is 13. The SMILES string of the molecule is COc1ccc(Oc2ccc(S(=O)(=O)c3ccc(COc4ccc5cc(Oc6ccc(S(=O)(=O)c7ccc(C)cc7)cc6)ccc5c4)cc3)cc2S(=O)(=O)O)cc1. The Labute approximate surface area is 330 Å². The Bertz CT molecular complexity index is 2910. The quantitative estimate of drug-likeness (QED) is 0.111. The number of benzene rings is 7. The molecular formula is C43H34O11S3. The van der Waals surface area contributed by atoms with Gasteiger partial charge in [0.15, 0.2) is 0 Å². The molecule has 0 atom stereocenters. The predicted molar refractivity (Wildman–Crippen MR) is 213 cm³/mol. The summed E-state index contributed by atoms with van der Waals surface area (Å²) in [6, 6.07) is 39.5. The first-order valence-corrected chi connectivity index (χ1v) is 21.6. The topological polar surface area (TPSA) is 160 Å². The van der Waals surface area contributed by atoms with Crippen molar-refractivity contribution in [3.63, 3.8) is 0 Å². The van der Waals surface area contributed by atoms with Gasteiger partial charge >= 0.3 is 0 Å². The third-order valence-electron chi connectivity index (χ3n) is 8.91. The molecule has 57 heavy (non-hydrogen) atoms. The third-order valence-corrected chi connectivity index (χ3v) is 13.3. The van der Waals surface area contributed by atoms with Crippen molar-refractivity contribution in [2.45, 2.75) is 38.0 Å². The van der Waals surface area contributed by atoms with Gasteiger partial charge in [-0.3, -0.25) is 4.55 Å². The number of aryl methyl sites for hydroxylation is 1. The average Bonchev–Trinajstić information content (AvgIpc) is 3.20. The van der Waals surface area contributed by atoms with Crippen molar-refractivity contribution >= 4 is 40.6 Å². The molecule has 11 nitrogen and oxygen atoms in total. The van der Waals surface area contributed by atoms with E-state index in [0.717, 1.165) is 22.4 Å². The lowest BCUT2D eigenvalue weighted by molar-refractivity contribution is 0.306. The summed E-state index contributed by atoms with van der Waals surface area (Å²) in [6.45, 7) is 2.03. The van der Waals surface area contributed by atoms with Crippen molar-refractivity contribution in [2.24, 2.45) is 0 Å². The van der Waals surface area contributed by atoms with Crippen molar-refractivity contribution < 1.29 is 48.8 Å². The van der Waals surface area contributed by atoms with Crippen LogP contribution in [0.15, 0.2) is 176 Å². The Morgan fingerprint density at radius 1 is 0.474 bits per heavy atom.